The highest BCUT2D eigenvalue weighted by molar-refractivity contribution is 7.99. The van der Waals surface area contributed by atoms with Gasteiger partial charge >= 0.3 is 0 Å². The van der Waals surface area contributed by atoms with Crippen molar-refractivity contribution in [2.24, 2.45) is 0 Å². The van der Waals surface area contributed by atoms with Crippen LogP contribution in [0.5, 0.6) is 0 Å². The first-order valence-corrected chi connectivity index (χ1v) is 7.77. The second-order valence-corrected chi connectivity index (χ2v) is 6.03. The number of amides is 1. The minimum absolute atomic E-state index is 0.0422. The number of anilines is 2. The second kappa shape index (κ2) is 6.82. The van der Waals surface area contributed by atoms with Gasteiger partial charge in [0, 0.05) is 23.7 Å². The van der Waals surface area contributed by atoms with Crippen molar-refractivity contribution in [2.75, 3.05) is 42.2 Å². The third-order valence-corrected chi connectivity index (χ3v) is 4.38. The summed E-state index contributed by atoms with van der Waals surface area (Å²) < 4.78 is 0. The molecule has 1 aromatic carbocycles. The Morgan fingerprint density at radius 3 is 3.11 bits per heavy atom. The lowest BCUT2D eigenvalue weighted by molar-refractivity contribution is -0.117. The maximum Gasteiger partial charge on any atom is 0.238 e. The molecule has 3 N–H and O–H groups in total. The van der Waals surface area contributed by atoms with Gasteiger partial charge in [0.05, 0.1) is 6.54 Å². The van der Waals surface area contributed by atoms with Crippen LogP contribution >= 0.6 is 11.8 Å². The van der Waals surface area contributed by atoms with Gasteiger partial charge in [-0.05, 0) is 43.3 Å². The quantitative estimate of drug-likeness (QED) is 0.830. The third-order valence-electron chi connectivity index (χ3n) is 3.33. The van der Waals surface area contributed by atoms with E-state index in [4.69, 9.17) is 5.73 Å². The summed E-state index contributed by atoms with van der Waals surface area (Å²) in [6.07, 6.45) is 1.16. The lowest BCUT2D eigenvalue weighted by Crippen LogP contribution is -2.34. The summed E-state index contributed by atoms with van der Waals surface area (Å²) in [6.45, 7) is 4.40. The van der Waals surface area contributed by atoms with Crippen LogP contribution in [0.25, 0.3) is 0 Å². The van der Waals surface area contributed by atoms with Crippen molar-refractivity contribution >= 4 is 29.0 Å². The van der Waals surface area contributed by atoms with Gasteiger partial charge in [0.2, 0.25) is 5.91 Å². The van der Waals surface area contributed by atoms with Crippen LogP contribution in [0.15, 0.2) is 18.2 Å². The average molecular weight is 279 g/mol. The largest absolute Gasteiger partial charge is 0.398 e. The maximum atomic E-state index is 12.1. The Labute approximate surface area is 118 Å². The number of nitrogens with two attached hydrogens (primary N) is 1. The van der Waals surface area contributed by atoms with E-state index in [-0.39, 0.29) is 5.91 Å². The van der Waals surface area contributed by atoms with E-state index in [1.807, 2.05) is 36.9 Å². The molecule has 2 rings (SSSR count). The smallest absolute Gasteiger partial charge is 0.238 e. The van der Waals surface area contributed by atoms with Crippen molar-refractivity contribution < 1.29 is 4.79 Å². The molecule has 19 heavy (non-hydrogen) atoms. The number of thioether (sulfide) groups is 1. The van der Waals surface area contributed by atoms with E-state index in [0.717, 1.165) is 36.5 Å². The molecular formula is C14H21N3OS. The SMILES string of the molecule is Cc1c(N)cccc1NC(=O)CN1CCCSCC1. The predicted molar refractivity (Wildman–Crippen MR) is 82.6 cm³/mol. The molecule has 1 aromatic rings. The minimum atomic E-state index is 0.0422. The molecule has 1 aliphatic rings. The minimum Gasteiger partial charge on any atom is -0.398 e. The number of hydrogen-bond donors (Lipinski definition) is 2. The lowest BCUT2D eigenvalue weighted by atomic mass is 10.1. The number of nitrogens with one attached hydrogen (secondary N) is 1. The number of benzene rings is 1. The van der Waals surface area contributed by atoms with Crippen molar-refractivity contribution in [3.8, 4) is 0 Å². The molecule has 5 heteroatoms. The molecule has 1 aliphatic heterocycles. The zero-order chi connectivity index (χ0) is 13.7. The van der Waals surface area contributed by atoms with E-state index in [0.29, 0.717) is 12.2 Å². The molecule has 1 fully saturated rings. The number of rotatable bonds is 3. The molecule has 0 bridgehead atoms. The summed E-state index contributed by atoms with van der Waals surface area (Å²) in [7, 11) is 0. The zero-order valence-electron chi connectivity index (χ0n) is 11.3. The van der Waals surface area contributed by atoms with E-state index in [2.05, 4.69) is 10.2 Å². The molecule has 0 radical (unpaired) electrons. The predicted octanol–water partition coefficient (Wildman–Crippen LogP) is 1.95. The molecule has 1 amide bonds. The van der Waals surface area contributed by atoms with Gasteiger partial charge in [-0.25, -0.2) is 0 Å². The summed E-state index contributed by atoms with van der Waals surface area (Å²) >= 11 is 1.97. The van der Waals surface area contributed by atoms with Crippen molar-refractivity contribution in [3.63, 3.8) is 0 Å². The summed E-state index contributed by atoms with van der Waals surface area (Å²) in [5, 5.41) is 2.95. The number of hydrogen-bond acceptors (Lipinski definition) is 4. The number of carbonyl (C=O) groups excluding carboxylic acids is 1. The van der Waals surface area contributed by atoms with Gasteiger partial charge in [-0.1, -0.05) is 6.07 Å². The maximum absolute atomic E-state index is 12.1. The highest BCUT2D eigenvalue weighted by Gasteiger charge is 2.14. The molecule has 0 aromatic heterocycles. The molecule has 0 aliphatic carbocycles. The first kappa shape index (κ1) is 14.2. The fourth-order valence-corrected chi connectivity index (χ4v) is 3.06. The summed E-state index contributed by atoms with van der Waals surface area (Å²) in [5.74, 6) is 2.36. The van der Waals surface area contributed by atoms with Crippen LogP contribution in [0.1, 0.15) is 12.0 Å². The highest BCUT2D eigenvalue weighted by Crippen LogP contribution is 2.20. The Kier molecular flexibility index (Phi) is 5.10. The van der Waals surface area contributed by atoms with Gasteiger partial charge in [0.1, 0.15) is 0 Å². The monoisotopic (exact) mass is 279 g/mol. The molecule has 0 spiro atoms. The van der Waals surface area contributed by atoms with Crippen molar-refractivity contribution in [3.05, 3.63) is 23.8 Å². The van der Waals surface area contributed by atoms with Crippen LogP contribution in [0.3, 0.4) is 0 Å². The Balaban J connectivity index is 1.91. The molecule has 0 saturated carbocycles. The van der Waals surface area contributed by atoms with Gasteiger partial charge in [-0.2, -0.15) is 11.8 Å². The molecular weight excluding hydrogens is 258 g/mol. The van der Waals surface area contributed by atoms with E-state index in [1.54, 1.807) is 0 Å². The van der Waals surface area contributed by atoms with Crippen molar-refractivity contribution in [1.82, 2.24) is 4.90 Å². The lowest BCUT2D eigenvalue weighted by Gasteiger charge is -2.19. The van der Waals surface area contributed by atoms with Crippen LogP contribution in [-0.2, 0) is 4.79 Å². The zero-order valence-corrected chi connectivity index (χ0v) is 12.1. The van der Waals surface area contributed by atoms with Gasteiger partial charge in [-0.15, -0.1) is 0 Å². The fourth-order valence-electron chi connectivity index (χ4n) is 2.14. The van der Waals surface area contributed by atoms with Crippen molar-refractivity contribution in [2.45, 2.75) is 13.3 Å². The van der Waals surface area contributed by atoms with Crippen molar-refractivity contribution in [1.29, 1.82) is 0 Å². The Hall–Kier alpha value is -1.20. The van der Waals surface area contributed by atoms with Gasteiger partial charge in [0.25, 0.3) is 0 Å². The summed E-state index contributed by atoms with van der Waals surface area (Å²) in [4.78, 5) is 14.3. The van der Waals surface area contributed by atoms with Crippen LogP contribution in [0.4, 0.5) is 11.4 Å². The van der Waals surface area contributed by atoms with E-state index >= 15 is 0 Å². The molecule has 1 saturated heterocycles. The Morgan fingerprint density at radius 1 is 1.42 bits per heavy atom. The summed E-state index contributed by atoms with van der Waals surface area (Å²) in [6, 6.07) is 5.60. The average Bonchev–Trinajstić information content (AvgIpc) is 2.63. The molecule has 0 atom stereocenters. The normalized spacial score (nSPS) is 16.9. The van der Waals surface area contributed by atoms with Gasteiger partial charge in [0.15, 0.2) is 0 Å². The van der Waals surface area contributed by atoms with Crippen LogP contribution in [0, 0.1) is 6.92 Å². The molecule has 1 heterocycles. The Morgan fingerprint density at radius 2 is 2.26 bits per heavy atom. The molecule has 104 valence electrons. The fraction of sp³-hybridized carbons (Fsp3) is 0.500. The first-order valence-electron chi connectivity index (χ1n) is 6.62. The van der Waals surface area contributed by atoms with Gasteiger partial charge in [-0.3, -0.25) is 9.69 Å². The third kappa shape index (κ3) is 4.14. The van der Waals surface area contributed by atoms with Gasteiger partial charge < -0.3 is 11.1 Å². The van der Waals surface area contributed by atoms with Crippen LogP contribution in [-0.4, -0.2) is 41.9 Å². The molecule has 4 nitrogen and oxygen atoms in total. The van der Waals surface area contributed by atoms with E-state index < -0.39 is 0 Å². The van der Waals surface area contributed by atoms with E-state index in [1.165, 1.54) is 5.75 Å². The van der Waals surface area contributed by atoms with E-state index in [9.17, 15) is 4.79 Å². The number of nitrogens with zero attached hydrogens (tertiary/aromatic N) is 1. The summed E-state index contributed by atoms with van der Waals surface area (Å²) in [5.41, 5.74) is 8.30. The number of carbonyl (C=O) groups is 1. The molecule has 0 unspecified atom stereocenters. The van der Waals surface area contributed by atoms with Crippen LogP contribution in [0.2, 0.25) is 0 Å². The number of nitrogen functional groups attached to an aromatic ring is 1. The topological polar surface area (TPSA) is 58.4 Å². The standard InChI is InChI=1S/C14H21N3OS/c1-11-12(15)4-2-5-13(11)16-14(18)10-17-6-3-8-19-9-7-17/h2,4-5H,3,6-10,15H2,1H3,(H,16,18). The highest BCUT2D eigenvalue weighted by atomic mass is 32.2. The second-order valence-electron chi connectivity index (χ2n) is 4.81. The Bertz CT molecular complexity index is 442. The van der Waals surface area contributed by atoms with Crippen LogP contribution < -0.4 is 11.1 Å². The first-order chi connectivity index (χ1) is 9.16.